The van der Waals surface area contributed by atoms with Crippen molar-refractivity contribution in [2.45, 2.75) is 12.6 Å². The van der Waals surface area contributed by atoms with E-state index >= 15 is 0 Å². The molecule has 0 aliphatic carbocycles. The molecule has 3 aromatic carbocycles. The van der Waals surface area contributed by atoms with E-state index in [1.54, 1.807) is 18.7 Å². The molecule has 0 saturated heterocycles. The average molecular weight is 483 g/mol. The minimum atomic E-state index is -0.478. The molecule has 0 radical (unpaired) electrons. The van der Waals surface area contributed by atoms with Crippen LogP contribution in [0.3, 0.4) is 0 Å². The van der Waals surface area contributed by atoms with Crippen LogP contribution in [0.15, 0.2) is 94.5 Å². The number of aromatic nitrogens is 4. The van der Waals surface area contributed by atoms with Crippen molar-refractivity contribution in [3.05, 3.63) is 122 Å². The first-order chi connectivity index (χ1) is 17.5. The number of imidazole rings is 1. The van der Waals surface area contributed by atoms with Crippen molar-refractivity contribution in [1.29, 1.82) is 0 Å². The van der Waals surface area contributed by atoms with E-state index in [0.29, 0.717) is 12.3 Å². The Morgan fingerprint density at radius 1 is 0.833 bits per heavy atom. The standard InChI is InChI=1S/C28H26N4O4/c1-30-25-23(26(33)31(2)28(30)34)32(18-19-11-10-16-22(17-19)35-3)27(29-25)36-24(20-12-6-4-7-13-20)21-14-8-5-9-15-21/h4-17,24H,18H2,1-3H3. The maximum Gasteiger partial charge on any atom is 0.332 e. The third-order valence-corrected chi connectivity index (χ3v) is 6.22. The highest BCUT2D eigenvalue weighted by atomic mass is 16.5. The average Bonchev–Trinajstić information content (AvgIpc) is 3.28. The van der Waals surface area contributed by atoms with Crippen LogP contribution in [0, 0.1) is 0 Å². The monoisotopic (exact) mass is 482 g/mol. The number of ether oxygens (including phenoxy) is 2. The summed E-state index contributed by atoms with van der Waals surface area (Å²) in [5.74, 6) is 0.700. The molecule has 8 nitrogen and oxygen atoms in total. The fraction of sp³-hybridized carbons (Fsp3) is 0.179. The Morgan fingerprint density at radius 3 is 2.08 bits per heavy atom. The summed E-state index contributed by atoms with van der Waals surface area (Å²) in [7, 11) is 4.67. The van der Waals surface area contributed by atoms with Crippen LogP contribution in [-0.2, 0) is 20.6 Å². The summed E-state index contributed by atoms with van der Waals surface area (Å²) >= 11 is 0. The molecule has 0 saturated carbocycles. The molecule has 5 aromatic rings. The van der Waals surface area contributed by atoms with Crippen LogP contribution in [0.4, 0.5) is 0 Å². The zero-order chi connectivity index (χ0) is 25.2. The smallest absolute Gasteiger partial charge is 0.332 e. The van der Waals surface area contributed by atoms with E-state index in [2.05, 4.69) is 4.98 Å². The van der Waals surface area contributed by atoms with E-state index in [0.717, 1.165) is 21.3 Å². The van der Waals surface area contributed by atoms with Crippen molar-refractivity contribution in [2.24, 2.45) is 14.1 Å². The third-order valence-electron chi connectivity index (χ3n) is 6.22. The molecule has 0 fully saturated rings. The number of benzene rings is 3. The molecule has 0 bridgehead atoms. The topological polar surface area (TPSA) is 80.3 Å². The van der Waals surface area contributed by atoms with Gasteiger partial charge in [0.2, 0.25) is 0 Å². The van der Waals surface area contributed by atoms with Gasteiger partial charge in [0.25, 0.3) is 11.6 Å². The lowest BCUT2D eigenvalue weighted by atomic mass is 10.0. The minimum Gasteiger partial charge on any atom is -0.497 e. The number of rotatable bonds is 7. The molecule has 0 aliphatic heterocycles. The van der Waals surface area contributed by atoms with Gasteiger partial charge in [-0.1, -0.05) is 72.8 Å². The summed E-state index contributed by atoms with van der Waals surface area (Å²) in [4.78, 5) is 30.6. The van der Waals surface area contributed by atoms with Crippen molar-refractivity contribution in [3.63, 3.8) is 0 Å². The number of hydrogen-bond acceptors (Lipinski definition) is 5. The van der Waals surface area contributed by atoms with Gasteiger partial charge < -0.3 is 9.47 Å². The summed E-state index contributed by atoms with van der Waals surface area (Å²) in [6.45, 7) is 0.298. The fourth-order valence-corrected chi connectivity index (χ4v) is 4.31. The Balaban J connectivity index is 1.72. The second-order valence-electron chi connectivity index (χ2n) is 8.53. The van der Waals surface area contributed by atoms with Crippen LogP contribution >= 0.6 is 0 Å². The van der Waals surface area contributed by atoms with Gasteiger partial charge in [0.1, 0.15) is 5.75 Å². The second kappa shape index (κ2) is 9.58. The predicted octanol–water partition coefficient (Wildman–Crippen LogP) is 3.66. The molecule has 0 atom stereocenters. The Bertz CT molecular complexity index is 1600. The zero-order valence-electron chi connectivity index (χ0n) is 20.3. The number of hydrogen-bond donors (Lipinski definition) is 0. The van der Waals surface area contributed by atoms with Crippen molar-refractivity contribution in [2.75, 3.05) is 7.11 Å². The fourth-order valence-electron chi connectivity index (χ4n) is 4.31. The van der Waals surface area contributed by atoms with Crippen molar-refractivity contribution >= 4 is 11.2 Å². The molecular weight excluding hydrogens is 456 g/mol. The molecule has 36 heavy (non-hydrogen) atoms. The van der Waals surface area contributed by atoms with Crippen LogP contribution in [0.1, 0.15) is 22.8 Å². The van der Waals surface area contributed by atoms with Gasteiger partial charge in [0.05, 0.1) is 13.7 Å². The molecule has 2 heterocycles. The lowest BCUT2D eigenvalue weighted by Gasteiger charge is -2.20. The largest absolute Gasteiger partial charge is 0.497 e. The predicted molar refractivity (Wildman–Crippen MR) is 138 cm³/mol. The van der Waals surface area contributed by atoms with Gasteiger partial charge in [-0.3, -0.25) is 18.5 Å². The van der Waals surface area contributed by atoms with Gasteiger partial charge in [-0.05, 0) is 28.8 Å². The zero-order valence-corrected chi connectivity index (χ0v) is 20.3. The molecule has 2 aromatic heterocycles. The summed E-state index contributed by atoms with van der Waals surface area (Å²) in [6.07, 6.45) is -0.478. The van der Waals surface area contributed by atoms with E-state index in [4.69, 9.17) is 9.47 Å². The van der Waals surface area contributed by atoms with Gasteiger partial charge in [0.15, 0.2) is 17.3 Å². The van der Waals surface area contributed by atoms with E-state index in [9.17, 15) is 9.59 Å². The van der Waals surface area contributed by atoms with Gasteiger partial charge in [0, 0.05) is 14.1 Å². The van der Waals surface area contributed by atoms with Gasteiger partial charge in [-0.15, -0.1) is 0 Å². The molecule has 0 amide bonds. The molecular formula is C28H26N4O4. The van der Waals surface area contributed by atoms with Gasteiger partial charge >= 0.3 is 5.69 Å². The molecule has 0 aliphatic rings. The van der Waals surface area contributed by atoms with E-state index in [-0.39, 0.29) is 17.2 Å². The first-order valence-electron chi connectivity index (χ1n) is 11.5. The number of fused-ring (bicyclic) bond motifs is 1. The highest BCUT2D eigenvalue weighted by molar-refractivity contribution is 5.72. The SMILES string of the molecule is COc1cccc(Cn2c(OC(c3ccccc3)c3ccccc3)nc3c2c(=O)n(C)c(=O)n3C)c1. The first-order valence-corrected chi connectivity index (χ1v) is 11.5. The van der Waals surface area contributed by atoms with E-state index in [1.165, 1.54) is 11.6 Å². The number of methoxy groups -OCH3 is 1. The molecule has 5 rings (SSSR count). The Morgan fingerprint density at radius 2 is 1.47 bits per heavy atom. The molecule has 8 heteroatoms. The normalized spacial score (nSPS) is 11.2. The van der Waals surface area contributed by atoms with Crippen LogP contribution in [-0.4, -0.2) is 25.8 Å². The second-order valence-corrected chi connectivity index (χ2v) is 8.53. The summed E-state index contributed by atoms with van der Waals surface area (Å²) < 4.78 is 16.1. The lowest BCUT2D eigenvalue weighted by molar-refractivity contribution is 0.218. The summed E-state index contributed by atoms with van der Waals surface area (Å²) in [5, 5.41) is 0. The quantitative estimate of drug-likeness (QED) is 0.354. The van der Waals surface area contributed by atoms with Crippen LogP contribution < -0.4 is 20.7 Å². The summed E-state index contributed by atoms with van der Waals surface area (Å²) in [6, 6.07) is 27.5. The summed E-state index contributed by atoms with van der Waals surface area (Å²) in [5.41, 5.74) is 2.43. The highest BCUT2D eigenvalue weighted by Crippen LogP contribution is 2.30. The molecule has 0 N–H and O–H groups in total. The van der Waals surface area contributed by atoms with E-state index < -0.39 is 17.4 Å². The number of nitrogens with zero attached hydrogens (tertiary/aromatic N) is 4. The van der Waals surface area contributed by atoms with Crippen LogP contribution in [0.2, 0.25) is 0 Å². The lowest BCUT2D eigenvalue weighted by Crippen LogP contribution is -2.37. The Labute approximate surface area is 207 Å². The molecule has 0 spiro atoms. The first kappa shape index (κ1) is 23.2. The van der Waals surface area contributed by atoms with Crippen molar-refractivity contribution in [1.82, 2.24) is 18.7 Å². The van der Waals surface area contributed by atoms with Crippen molar-refractivity contribution in [3.8, 4) is 11.8 Å². The Kier molecular flexibility index (Phi) is 6.16. The van der Waals surface area contributed by atoms with Crippen LogP contribution in [0.25, 0.3) is 11.2 Å². The van der Waals surface area contributed by atoms with Crippen molar-refractivity contribution < 1.29 is 9.47 Å². The maximum absolute atomic E-state index is 13.3. The molecule has 0 unspecified atom stereocenters. The minimum absolute atomic E-state index is 0.240. The highest BCUT2D eigenvalue weighted by Gasteiger charge is 2.24. The number of aryl methyl sites for hydroxylation is 1. The Hall–Kier alpha value is -4.59. The molecule has 182 valence electrons. The maximum atomic E-state index is 13.3. The van der Waals surface area contributed by atoms with Gasteiger partial charge in [-0.25, -0.2) is 4.79 Å². The van der Waals surface area contributed by atoms with E-state index in [1.807, 2.05) is 84.9 Å². The van der Waals surface area contributed by atoms with Crippen LogP contribution in [0.5, 0.6) is 11.8 Å². The third kappa shape index (κ3) is 4.17. The van der Waals surface area contributed by atoms with Gasteiger partial charge in [-0.2, -0.15) is 4.98 Å².